The van der Waals surface area contributed by atoms with E-state index in [4.69, 9.17) is 10.5 Å². The minimum Gasteiger partial charge on any atom is -0.476 e. The molecule has 0 atom stereocenters. The van der Waals surface area contributed by atoms with Gasteiger partial charge < -0.3 is 20.7 Å². The number of anilines is 2. The third-order valence-corrected chi connectivity index (χ3v) is 2.57. The van der Waals surface area contributed by atoms with Crippen molar-refractivity contribution in [1.82, 2.24) is 10.3 Å². The van der Waals surface area contributed by atoms with Crippen LogP contribution >= 0.6 is 0 Å². The Morgan fingerprint density at radius 3 is 2.74 bits per heavy atom. The molecule has 6 nitrogen and oxygen atoms in total. The normalized spacial score (nSPS) is 10.1. The zero-order valence-electron chi connectivity index (χ0n) is 11.8. The summed E-state index contributed by atoms with van der Waals surface area (Å²) < 4.78 is 5.36. The number of carbonyl (C=O) groups excluding carboxylic acids is 1. The molecule has 0 spiro atoms. The fourth-order valence-corrected chi connectivity index (χ4v) is 1.65. The summed E-state index contributed by atoms with van der Waals surface area (Å²) in [6.07, 6.45) is 0. The molecule has 19 heavy (non-hydrogen) atoms. The lowest BCUT2D eigenvalue weighted by Crippen LogP contribution is -2.37. The summed E-state index contributed by atoms with van der Waals surface area (Å²) in [5, 5.41) is 2.77. The number of nitrogen functional groups attached to an aromatic ring is 1. The Hall–Kier alpha value is -1.98. The summed E-state index contributed by atoms with van der Waals surface area (Å²) in [5.41, 5.74) is 6.28. The van der Waals surface area contributed by atoms with Crippen molar-refractivity contribution >= 4 is 17.4 Å². The van der Waals surface area contributed by atoms with Gasteiger partial charge in [-0.15, -0.1) is 0 Å². The van der Waals surface area contributed by atoms with E-state index in [-0.39, 0.29) is 12.5 Å². The molecular weight excluding hydrogens is 244 g/mol. The van der Waals surface area contributed by atoms with Crippen LogP contribution in [-0.2, 0) is 4.79 Å². The largest absolute Gasteiger partial charge is 0.476 e. The van der Waals surface area contributed by atoms with Crippen LogP contribution in [0.1, 0.15) is 20.8 Å². The van der Waals surface area contributed by atoms with Gasteiger partial charge in [0.1, 0.15) is 5.82 Å². The number of pyridine rings is 1. The van der Waals surface area contributed by atoms with E-state index in [9.17, 15) is 4.79 Å². The Bertz CT molecular complexity index is 423. The Labute approximate surface area is 113 Å². The van der Waals surface area contributed by atoms with Crippen molar-refractivity contribution in [2.75, 3.05) is 36.9 Å². The highest BCUT2D eigenvalue weighted by Gasteiger charge is 2.12. The topological polar surface area (TPSA) is 80.5 Å². The van der Waals surface area contributed by atoms with E-state index in [0.29, 0.717) is 37.1 Å². The van der Waals surface area contributed by atoms with Gasteiger partial charge in [0.05, 0.1) is 18.8 Å². The number of rotatable bonds is 7. The van der Waals surface area contributed by atoms with Crippen molar-refractivity contribution in [3.63, 3.8) is 0 Å². The van der Waals surface area contributed by atoms with Gasteiger partial charge >= 0.3 is 0 Å². The van der Waals surface area contributed by atoms with Gasteiger partial charge in [0.15, 0.2) is 0 Å². The summed E-state index contributed by atoms with van der Waals surface area (Å²) in [5.74, 6) is 1.07. The van der Waals surface area contributed by atoms with Gasteiger partial charge in [-0.1, -0.05) is 0 Å². The number of nitrogens with zero attached hydrogens (tertiary/aromatic N) is 2. The lowest BCUT2D eigenvalue weighted by atomic mass is 10.3. The molecule has 106 valence electrons. The number of ether oxygens (including phenoxy) is 1. The number of nitrogens with two attached hydrogens (primary N) is 1. The Kier molecular flexibility index (Phi) is 5.92. The zero-order chi connectivity index (χ0) is 14.3. The highest BCUT2D eigenvalue weighted by Crippen LogP contribution is 2.22. The van der Waals surface area contributed by atoms with Gasteiger partial charge in [-0.25, -0.2) is 0 Å². The van der Waals surface area contributed by atoms with Gasteiger partial charge in [0.2, 0.25) is 11.8 Å². The molecule has 0 unspecified atom stereocenters. The first kappa shape index (κ1) is 15.1. The van der Waals surface area contributed by atoms with Crippen LogP contribution in [0.5, 0.6) is 5.88 Å². The second kappa shape index (κ2) is 7.45. The monoisotopic (exact) mass is 266 g/mol. The lowest BCUT2D eigenvalue weighted by molar-refractivity contribution is -0.119. The highest BCUT2D eigenvalue weighted by molar-refractivity contribution is 5.81. The number of aromatic nitrogens is 1. The van der Waals surface area contributed by atoms with Gasteiger partial charge in [-0.3, -0.25) is 4.79 Å². The fraction of sp³-hybridized carbons (Fsp3) is 0.538. The van der Waals surface area contributed by atoms with E-state index < -0.39 is 0 Å². The van der Waals surface area contributed by atoms with Gasteiger partial charge in [0.25, 0.3) is 0 Å². The van der Waals surface area contributed by atoms with Crippen molar-refractivity contribution < 1.29 is 9.53 Å². The molecule has 0 aromatic carbocycles. The number of hydrogen-bond donors (Lipinski definition) is 2. The molecule has 0 saturated carbocycles. The smallest absolute Gasteiger partial charge is 0.239 e. The van der Waals surface area contributed by atoms with E-state index in [1.807, 2.05) is 25.7 Å². The minimum atomic E-state index is -0.0269. The molecule has 0 aliphatic rings. The minimum absolute atomic E-state index is 0.0269. The predicted octanol–water partition coefficient (Wildman–Crippen LogP) is 1.02. The van der Waals surface area contributed by atoms with Crippen LogP contribution in [0.15, 0.2) is 12.1 Å². The van der Waals surface area contributed by atoms with Gasteiger partial charge in [0, 0.05) is 13.1 Å². The highest BCUT2D eigenvalue weighted by atomic mass is 16.5. The average Bonchev–Trinajstić information content (AvgIpc) is 2.39. The summed E-state index contributed by atoms with van der Waals surface area (Å²) in [4.78, 5) is 17.8. The van der Waals surface area contributed by atoms with Gasteiger partial charge in [-0.2, -0.15) is 4.98 Å². The predicted molar refractivity (Wildman–Crippen MR) is 76.4 cm³/mol. The summed E-state index contributed by atoms with van der Waals surface area (Å²) in [6.45, 7) is 7.81. The van der Waals surface area contributed by atoms with Crippen molar-refractivity contribution in [3.05, 3.63) is 12.1 Å². The number of hydrogen-bond acceptors (Lipinski definition) is 5. The van der Waals surface area contributed by atoms with E-state index >= 15 is 0 Å². The van der Waals surface area contributed by atoms with Crippen molar-refractivity contribution in [3.8, 4) is 5.88 Å². The number of nitrogens with one attached hydrogen (secondary N) is 1. The molecule has 0 saturated heterocycles. The molecule has 1 aromatic heterocycles. The first-order valence-corrected chi connectivity index (χ1v) is 6.53. The molecule has 0 radical (unpaired) electrons. The Balaban J connectivity index is 2.86. The molecule has 1 heterocycles. The summed E-state index contributed by atoms with van der Waals surface area (Å²) >= 11 is 0. The molecule has 1 rings (SSSR count). The van der Waals surface area contributed by atoms with E-state index in [1.54, 1.807) is 12.1 Å². The summed E-state index contributed by atoms with van der Waals surface area (Å²) in [7, 11) is 0. The zero-order valence-corrected chi connectivity index (χ0v) is 11.8. The second-order valence-electron chi connectivity index (χ2n) is 3.96. The molecule has 0 bridgehead atoms. The molecule has 1 amide bonds. The maximum absolute atomic E-state index is 11.6. The molecular formula is C13H22N4O2. The average molecular weight is 266 g/mol. The SMILES string of the molecule is CCNC(=O)CN(CC)c1ccc(N)c(OCC)n1. The third-order valence-electron chi connectivity index (χ3n) is 2.57. The van der Waals surface area contributed by atoms with Crippen molar-refractivity contribution in [2.24, 2.45) is 0 Å². The maximum atomic E-state index is 11.6. The Morgan fingerprint density at radius 1 is 1.42 bits per heavy atom. The lowest BCUT2D eigenvalue weighted by Gasteiger charge is -2.22. The summed E-state index contributed by atoms with van der Waals surface area (Å²) in [6, 6.07) is 3.54. The quantitative estimate of drug-likeness (QED) is 0.770. The van der Waals surface area contributed by atoms with E-state index in [0.717, 1.165) is 0 Å². The second-order valence-corrected chi connectivity index (χ2v) is 3.96. The van der Waals surface area contributed by atoms with Crippen LogP contribution in [0.3, 0.4) is 0 Å². The van der Waals surface area contributed by atoms with Crippen LogP contribution in [0, 0.1) is 0 Å². The third kappa shape index (κ3) is 4.31. The molecule has 6 heteroatoms. The molecule has 1 aromatic rings. The van der Waals surface area contributed by atoms with Crippen LogP contribution in [-0.4, -0.2) is 37.1 Å². The number of amides is 1. The first-order chi connectivity index (χ1) is 9.12. The van der Waals surface area contributed by atoms with Crippen LogP contribution in [0.25, 0.3) is 0 Å². The molecule has 0 aliphatic heterocycles. The fourth-order valence-electron chi connectivity index (χ4n) is 1.65. The number of carbonyl (C=O) groups is 1. The van der Waals surface area contributed by atoms with E-state index in [2.05, 4.69) is 10.3 Å². The number of likely N-dealkylation sites (N-methyl/N-ethyl adjacent to an activating group) is 2. The molecule has 0 fully saturated rings. The van der Waals surface area contributed by atoms with Crippen LogP contribution in [0.2, 0.25) is 0 Å². The van der Waals surface area contributed by atoms with Crippen molar-refractivity contribution in [1.29, 1.82) is 0 Å². The first-order valence-electron chi connectivity index (χ1n) is 6.53. The standard InChI is InChI=1S/C13H22N4O2/c1-4-15-12(18)9-17(5-2)11-8-7-10(14)13(16-11)19-6-3/h7-8H,4-6,9,14H2,1-3H3,(H,15,18). The van der Waals surface area contributed by atoms with Crippen molar-refractivity contribution in [2.45, 2.75) is 20.8 Å². The van der Waals surface area contributed by atoms with E-state index in [1.165, 1.54) is 0 Å². The molecule has 3 N–H and O–H groups in total. The van der Waals surface area contributed by atoms with Crippen LogP contribution in [0.4, 0.5) is 11.5 Å². The Morgan fingerprint density at radius 2 is 2.16 bits per heavy atom. The molecule has 0 aliphatic carbocycles. The maximum Gasteiger partial charge on any atom is 0.239 e. The van der Waals surface area contributed by atoms with Crippen LogP contribution < -0.4 is 20.7 Å². The van der Waals surface area contributed by atoms with Gasteiger partial charge in [-0.05, 0) is 32.9 Å².